The van der Waals surface area contributed by atoms with Gasteiger partial charge in [-0.05, 0) is 48.0 Å². The van der Waals surface area contributed by atoms with Crippen LogP contribution in [0.2, 0.25) is 0 Å². The van der Waals surface area contributed by atoms with E-state index < -0.39 is 17.5 Å². The second-order valence-electron chi connectivity index (χ2n) is 4.21. The fraction of sp³-hybridized carbons (Fsp3) is 0.200. The molecule has 0 aliphatic carbocycles. The molecule has 2 aromatic rings. The fourth-order valence-corrected chi connectivity index (χ4v) is 1.92. The smallest absolute Gasteiger partial charge is 0.131 e. The summed E-state index contributed by atoms with van der Waals surface area (Å²) in [4.78, 5) is 0. The topological polar surface area (TPSA) is 12.0 Å². The second-order valence-corrected chi connectivity index (χ2v) is 4.21. The van der Waals surface area contributed by atoms with E-state index in [4.69, 9.17) is 0 Å². The molecule has 0 aliphatic heterocycles. The van der Waals surface area contributed by atoms with Crippen molar-refractivity contribution in [1.29, 1.82) is 0 Å². The van der Waals surface area contributed by atoms with Crippen LogP contribution in [0.3, 0.4) is 0 Å². The van der Waals surface area contributed by atoms with Gasteiger partial charge in [-0.1, -0.05) is 13.0 Å². The highest BCUT2D eigenvalue weighted by Crippen LogP contribution is 2.28. The number of hydrogen-bond acceptors (Lipinski definition) is 1. The molecule has 0 spiro atoms. The molecular weight excluding hydrogens is 251 g/mol. The molecule has 0 heterocycles. The first-order valence-electron chi connectivity index (χ1n) is 6.06. The molecule has 0 aliphatic rings. The Morgan fingerprint density at radius 3 is 2.21 bits per heavy atom. The van der Waals surface area contributed by atoms with Gasteiger partial charge >= 0.3 is 0 Å². The third-order valence-corrected chi connectivity index (χ3v) is 2.86. The third kappa shape index (κ3) is 3.15. The van der Waals surface area contributed by atoms with Crippen molar-refractivity contribution in [1.82, 2.24) is 5.32 Å². The Kier molecular flexibility index (Phi) is 4.22. The van der Waals surface area contributed by atoms with Gasteiger partial charge in [0.2, 0.25) is 0 Å². The van der Waals surface area contributed by atoms with Crippen molar-refractivity contribution in [2.45, 2.75) is 13.5 Å². The SMILES string of the molecule is CCNCc1ccc(F)cc1-c1cc(F)ccc1F. The largest absolute Gasteiger partial charge is 0.313 e. The van der Waals surface area contributed by atoms with Gasteiger partial charge in [0.05, 0.1) is 0 Å². The van der Waals surface area contributed by atoms with Crippen molar-refractivity contribution in [3.05, 3.63) is 59.4 Å². The van der Waals surface area contributed by atoms with Crippen LogP contribution in [0.25, 0.3) is 11.1 Å². The minimum atomic E-state index is -0.565. The highest BCUT2D eigenvalue weighted by Gasteiger charge is 2.12. The lowest BCUT2D eigenvalue weighted by Gasteiger charge is -2.11. The van der Waals surface area contributed by atoms with Crippen LogP contribution in [-0.4, -0.2) is 6.54 Å². The van der Waals surface area contributed by atoms with Crippen LogP contribution >= 0.6 is 0 Å². The van der Waals surface area contributed by atoms with E-state index >= 15 is 0 Å². The van der Waals surface area contributed by atoms with Gasteiger partial charge in [0.15, 0.2) is 0 Å². The minimum absolute atomic E-state index is 0.0763. The lowest BCUT2D eigenvalue weighted by atomic mass is 9.98. The van der Waals surface area contributed by atoms with E-state index in [0.717, 1.165) is 30.3 Å². The number of halogens is 3. The van der Waals surface area contributed by atoms with Crippen LogP contribution in [0.15, 0.2) is 36.4 Å². The summed E-state index contributed by atoms with van der Waals surface area (Å²) >= 11 is 0. The second kappa shape index (κ2) is 5.89. The van der Waals surface area contributed by atoms with Crippen LogP contribution < -0.4 is 5.32 Å². The third-order valence-electron chi connectivity index (χ3n) is 2.86. The molecule has 0 aromatic heterocycles. The van der Waals surface area contributed by atoms with Crippen molar-refractivity contribution in [3.8, 4) is 11.1 Å². The molecule has 0 atom stereocenters. The van der Waals surface area contributed by atoms with E-state index in [-0.39, 0.29) is 5.56 Å². The van der Waals surface area contributed by atoms with Crippen LogP contribution in [0, 0.1) is 17.5 Å². The first-order chi connectivity index (χ1) is 9.11. The Morgan fingerprint density at radius 1 is 0.895 bits per heavy atom. The summed E-state index contributed by atoms with van der Waals surface area (Å²) in [6, 6.07) is 7.30. The zero-order valence-corrected chi connectivity index (χ0v) is 10.5. The number of benzene rings is 2. The van der Waals surface area contributed by atoms with Crippen molar-refractivity contribution in [3.63, 3.8) is 0 Å². The summed E-state index contributed by atoms with van der Waals surface area (Å²) in [5.74, 6) is -1.58. The van der Waals surface area contributed by atoms with Crippen LogP contribution in [0.5, 0.6) is 0 Å². The molecular formula is C15H14F3N. The summed E-state index contributed by atoms with van der Waals surface area (Å²) in [6.45, 7) is 3.15. The standard InChI is InChI=1S/C15H14F3N/c1-2-19-9-10-3-4-11(16)7-13(10)14-8-12(17)5-6-15(14)18/h3-8,19H,2,9H2,1H3. The molecule has 4 heteroatoms. The molecule has 0 fully saturated rings. The van der Waals surface area contributed by atoms with Gasteiger partial charge < -0.3 is 5.32 Å². The first kappa shape index (κ1) is 13.6. The summed E-state index contributed by atoms with van der Waals surface area (Å²) in [7, 11) is 0. The number of rotatable bonds is 4. The Bertz CT molecular complexity index is 582. The Labute approximate surface area is 110 Å². The van der Waals surface area contributed by atoms with Gasteiger partial charge in [0, 0.05) is 12.1 Å². The highest BCUT2D eigenvalue weighted by atomic mass is 19.1. The quantitative estimate of drug-likeness (QED) is 0.884. The monoisotopic (exact) mass is 265 g/mol. The maximum absolute atomic E-state index is 13.8. The highest BCUT2D eigenvalue weighted by molar-refractivity contribution is 5.68. The van der Waals surface area contributed by atoms with Gasteiger partial charge in [0.1, 0.15) is 17.5 Å². The summed E-state index contributed by atoms with van der Waals surface area (Å²) < 4.78 is 40.4. The van der Waals surface area contributed by atoms with Crippen molar-refractivity contribution < 1.29 is 13.2 Å². The van der Waals surface area contributed by atoms with E-state index in [9.17, 15) is 13.2 Å². The molecule has 0 bridgehead atoms. The Morgan fingerprint density at radius 2 is 1.53 bits per heavy atom. The molecule has 0 saturated heterocycles. The van der Waals surface area contributed by atoms with E-state index in [0.29, 0.717) is 12.1 Å². The van der Waals surface area contributed by atoms with Gasteiger partial charge in [-0.2, -0.15) is 0 Å². The van der Waals surface area contributed by atoms with Crippen LogP contribution in [-0.2, 0) is 6.54 Å². The average Bonchev–Trinajstić information content (AvgIpc) is 2.40. The van der Waals surface area contributed by atoms with Crippen LogP contribution in [0.1, 0.15) is 12.5 Å². The normalized spacial score (nSPS) is 10.7. The summed E-state index contributed by atoms with van der Waals surface area (Å²) in [5.41, 5.74) is 1.18. The predicted molar refractivity (Wildman–Crippen MR) is 69.1 cm³/mol. The lowest BCUT2D eigenvalue weighted by Crippen LogP contribution is -2.12. The zero-order valence-electron chi connectivity index (χ0n) is 10.5. The average molecular weight is 265 g/mol. The molecule has 1 nitrogen and oxygen atoms in total. The van der Waals surface area contributed by atoms with Crippen molar-refractivity contribution in [2.24, 2.45) is 0 Å². The van der Waals surface area contributed by atoms with E-state index in [2.05, 4.69) is 5.32 Å². The molecule has 19 heavy (non-hydrogen) atoms. The van der Waals surface area contributed by atoms with Crippen molar-refractivity contribution >= 4 is 0 Å². The van der Waals surface area contributed by atoms with Gasteiger partial charge in [-0.3, -0.25) is 0 Å². The summed E-state index contributed by atoms with van der Waals surface area (Å²) in [6.07, 6.45) is 0. The van der Waals surface area contributed by atoms with E-state index in [1.54, 1.807) is 6.07 Å². The molecule has 1 N–H and O–H groups in total. The molecule has 0 saturated carbocycles. The lowest BCUT2D eigenvalue weighted by molar-refractivity contribution is 0.601. The van der Waals surface area contributed by atoms with Gasteiger partial charge in [0.25, 0.3) is 0 Å². The number of hydrogen-bond donors (Lipinski definition) is 1. The number of nitrogens with one attached hydrogen (secondary N) is 1. The molecule has 100 valence electrons. The Hall–Kier alpha value is -1.81. The zero-order chi connectivity index (χ0) is 13.8. The molecule has 0 amide bonds. The fourth-order valence-electron chi connectivity index (χ4n) is 1.92. The van der Waals surface area contributed by atoms with E-state index in [1.165, 1.54) is 12.1 Å². The molecule has 2 rings (SSSR count). The minimum Gasteiger partial charge on any atom is -0.313 e. The summed E-state index contributed by atoms with van der Waals surface area (Å²) in [5, 5.41) is 3.09. The van der Waals surface area contributed by atoms with Crippen LogP contribution in [0.4, 0.5) is 13.2 Å². The maximum Gasteiger partial charge on any atom is 0.131 e. The predicted octanol–water partition coefficient (Wildman–Crippen LogP) is 3.88. The molecule has 2 aromatic carbocycles. The molecule has 0 unspecified atom stereocenters. The van der Waals surface area contributed by atoms with Crippen molar-refractivity contribution in [2.75, 3.05) is 6.54 Å². The van der Waals surface area contributed by atoms with Gasteiger partial charge in [-0.15, -0.1) is 0 Å². The Balaban J connectivity index is 2.52. The maximum atomic E-state index is 13.8. The van der Waals surface area contributed by atoms with Gasteiger partial charge in [-0.25, -0.2) is 13.2 Å². The van der Waals surface area contributed by atoms with E-state index in [1.807, 2.05) is 6.92 Å². The molecule has 0 radical (unpaired) electrons. The first-order valence-corrected chi connectivity index (χ1v) is 6.06.